The molecule has 2 aliphatic heterocycles. The Morgan fingerprint density at radius 2 is 1.97 bits per heavy atom. The van der Waals surface area contributed by atoms with Crippen LogP contribution in [0, 0.1) is 36.0 Å². The van der Waals surface area contributed by atoms with Crippen molar-refractivity contribution in [2.75, 3.05) is 18.0 Å². The third-order valence-corrected chi connectivity index (χ3v) is 6.67. The van der Waals surface area contributed by atoms with Gasteiger partial charge in [-0.2, -0.15) is 10.4 Å². The van der Waals surface area contributed by atoms with Crippen molar-refractivity contribution >= 4 is 17.9 Å². The number of anilines is 1. The molecule has 1 aliphatic carbocycles. The SMILES string of the molecule is Cc1cccc(C2CC=NN2C(=O)C2CC3CN(c4cc(C#N)ncn4)CC3C2)c1. The van der Waals surface area contributed by atoms with Gasteiger partial charge in [0.15, 0.2) is 0 Å². The maximum Gasteiger partial charge on any atom is 0.246 e. The maximum atomic E-state index is 13.3. The summed E-state index contributed by atoms with van der Waals surface area (Å²) in [4.78, 5) is 23.8. The lowest BCUT2D eigenvalue weighted by molar-refractivity contribution is -0.137. The molecule has 0 spiro atoms. The van der Waals surface area contributed by atoms with Crippen molar-refractivity contribution in [3.63, 3.8) is 0 Å². The second-order valence-electron chi connectivity index (χ2n) is 8.61. The van der Waals surface area contributed by atoms with Crippen molar-refractivity contribution in [3.05, 3.63) is 53.5 Å². The van der Waals surface area contributed by atoms with E-state index in [1.165, 1.54) is 11.9 Å². The van der Waals surface area contributed by atoms with Gasteiger partial charge in [-0.15, -0.1) is 0 Å². The topological polar surface area (TPSA) is 85.5 Å². The van der Waals surface area contributed by atoms with Gasteiger partial charge in [0.05, 0.1) is 6.04 Å². The summed E-state index contributed by atoms with van der Waals surface area (Å²) in [5.41, 5.74) is 2.74. The zero-order valence-corrected chi connectivity index (χ0v) is 17.0. The van der Waals surface area contributed by atoms with Gasteiger partial charge < -0.3 is 4.90 Å². The normalized spacial score (nSPS) is 27.3. The first-order valence-electron chi connectivity index (χ1n) is 10.5. The minimum Gasteiger partial charge on any atom is -0.356 e. The highest BCUT2D eigenvalue weighted by Gasteiger charge is 2.46. The lowest BCUT2D eigenvalue weighted by Crippen LogP contribution is -2.33. The highest BCUT2D eigenvalue weighted by molar-refractivity contribution is 5.82. The Morgan fingerprint density at radius 3 is 2.70 bits per heavy atom. The smallest absolute Gasteiger partial charge is 0.246 e. The minimum atomic E-state index is 0.0137. The first-order valence-corrected chi connectivity index (χ1v) is 10.5. The monoisotopic (exact) mass is 400 g/mol. The first-order chi connectivity index (χ1) is 14.6. The van der Waals surface area contributed by atoms with E-state index in [4.69, 9.17) is 5.26 Å². The van der Waals surface area contributed by atoms with E-state index in [1.807, 2.05) is 12.3 Å². The van der Waals surface area contributed by atoms with Crippen molar-refractivity contribution in [2.45, 2.75) is 32.2 Å². The molecular weight excluding hydrogens is 376 g/mol. The first kappa shape index (κ1) is 18.7. The molecule has 3 aliphatic rings. The molecule has 3 unspecified atom stereocenters. The molecule has 0 radical (unpaired) electrons. The number of aromatic nitrogens is 2. The van der Waals surface area contributed by atoms with Crippen LogP contribution < -0.4 is 4.90 Å². The largest absolute Gasteiger partial charge is 0.356 e. The molecule has 5 rings (SSSR count). The average molecular weight is 400 g/mol. The molecule has 0 N–H and O–H groups in total. The number of carbonyl (C=O) groups excluding carboxylic acids is 1. The van der Waals surface area contributed by atoms with E-state index in [9.17, 15) is 4.79 Å². The third-order valence-electron chi connectivity index (χ3n) is 6.67. The number of amides is 1. The molecule has 2 fully saturated rings. The number of rotatable bonds is 3. The predicted octanol–water partition coefficient (Wildman–Crippen LogP) is 3.08. The zero-order chi connectivity index (χ0) is 20.7. The molecule has 1 saturated heterocycles. The maximum absolute atomic E-state index is 13.3. The fraction of sp³-hybridized carbons (Fsp3) is 0.435. The predicted molar refractivity (Wildman–Crippen MR) is 113 cm³/mol. The quantitative estimate of drug-likeness (QED) is 0.790. The van der Waals surface area contributed by atoms with Crippen LogP contribution >= 0.6 is 0 Å². The molecule has 7 heteroatoms. The van der Waals surface area contributed by atoms with Crippen LogP contribution in [0.1, 0.15) is 42.1 Å². The fourth-order valence-corrected chi connectivity index (χ4v) is 5.24. The van der Waals surface area contributed by atoms with E-state index in [1.54, 1.807) is 11.1 Å². The van der Waals surface area contributed by atoms with Crippen molar-refractivity contribution in [1.82, 2.24) is 15.0 Å². The van der Waals surface area contributed by atoms with Crippen molar-refractivity contribution in [2.24, 2.45) is 22.9 Å². The van der Waals surface area contributed by atoms with Crippen molar-refractivity contribution in [1.29, 1.82) is 5.26 Å². The van der Waals surface area contributed by atoms with Crippen molar-refractivity contribution in [3.8, 4) is 6.07 Å². The Kier molecular flexibility index (Phi) is 4.70. The number of hydrazone groups is 1. The van der Waals surface area contributed by atoms with Crippen LogP contribution in [-0.2, 0) is 4.79 Å². The van der Waals surface area contributed by atoms with Gasteiger partial charge in [-0.1, -0.05) is 29.8 Å². The summed E-state index contributed by atoms with van der Waals surface area (Å²) in [5.74, 6) is 1.95. The summed E-state index contributed by atoms with van der Waals surface area (Å²) in [7, 11) is 0. The second kappa shape index (κ2) is 7.52. The number of benzene rings is 1. The van der Waals surface area contributed by atoms with Gasteiger partial charge >= 0.3 is 0 Å². The van der Waals surface area contributed by atoms with E-state index in [0.29, 0.717) is 17.5 Å². The molecule has 1 aromatic heterocycles. The lowest BCUT2D eigenvalue weighted by atomic mass is 9.99. The van der Waals surface area contributed by atoms with Crippen LogP contribution in [0.2, 0.25) is 0 Å². The summed E-state index contributed by atoms with van der Waals surface area (Å²) in [5, 5.41) is 15.2. The summed E-state index contributed by atoms with van der Waals surface area (Å²) < 4.78 is 0. The minimum absolute atomic E-state index is 0.0137. The van der Waals surface area contributed by atoms with Gasteiger partial charge in [0.1, 0.15) is 23.9 Å². The molecule has 3 heterocycles. The Balaban J connectivity index is 1.25. The van der Waals surface area contributed by atoms with E-state index in [0.717, 1.165) is 43.7 Å². The standard InChI is InChI=1S/C23H24N6O/c1-15-3-2-4-16(7-15)21-5-6-27-29(21)23(30)17-8-18-12-28(13-19(18)9-17)22-10-20(11-24)25-14-26-22/h2-4,6-7,10,14,17-19,21H,5,8-9,12-13H2,1H3. The molecule has 2 aromatic rings. The highest BCUT2D eigenvalue weighted by atomic mass is 16.2. The fourth-order valence-electron chi connectivity index (χ4n) is 5.24. The number of nitrogens with zero attached hydrogens (tertiary/aromatic N) is 6. The van der Waals surface area contributed by atoms with Crippen molar-refractivity contribution < 1.29 is 4.79 Å². The zero-order valence-electron chi connectivity index (χ0n) is 17.0. The molecule has 1 saturated carbocycles. The van der Waals surface area contributed by atoms with Crippen LogP contribution in [0.15, 0.2) is 41.8 Å². The molecule has 7 nitrogen and oxygen atoms in total. The Labute approximate surface area is 176 Å². The molecule has 1 amide bonds. The summed E-state index contributed by atoms with van der Waals surface area (Å²) in [6.07, 6.45) is 5.87. The molecular formula is C23H24N6O. The van der Waals surface area contributed by atoms with Gasteiger partial charge in [-0.05, 0) is 37.2 Å². The lowest BCUT2D eigenvalue weighted by Gasteiger charge is -2.26. The van der Waals surface area contributed by atoms with Gasteiger partial charge in [-0.3, -0.25) is 4.79 Å². The van der Waals surface area contributed by atoms with E-state index >= 15 is 0 Å². The van der Waals surface area contributed by atoms with Gasteiger partial charge in [0.2, 0.25) is 5.91 Å². The highest BCUT2D eigenvalue weighted by Crippen LogP contribution is 2.44. The van der Waals surface area contributed by atoms with Crippen LogP contribution in [0.3, 0.4) is 0 Å². The molecule has 30 heavy (non-hydrogen) atoms. The molecule has 3 atom stereocenters. The van der Waals surface area contributed by atoms with Crippen LogP contribution in [0.4, 0.5) is 5.82 Å². The number of aryl methyl sites for hydroxylation is 1. The molecule has 1 aromatic carbocycles. The number of fused-ring (bicyclic) bond motifs is 1. The number of hydrogen-bond donors (Lipinski definition) is 0. The molecule has 152 valence electrons. The summed E-state index contributed by atoms with van der Waals surface area (Å²) in [6, 6.07) is 12.2. The summed E-state index contributed by atoms with van der Waals surface area (Å²) >= 11 is 0. The van der Waals surface area contributed by atoms with Crippen LogP contribution in [0.25, 0.3) is 0 Å². The Morgan fingerprint density at radius 1 is 1.17 bits per heavy atom. The summed E-state index contributed by atoms with van der Waals surface area (Å²) in [6.45, 7) is 3.83. The number of carbonyl (C=O) groups is 1. The van der Waals surface area contributed by atoms with E-state index in [2.05, 4.69) is 51.2 Å². The second-order valence-corrected chi connectivity index (χ2v) is 8.61. The van der Waals surface area contributed by atoms with Crippen LogP contribution in [-0.4, -0.2) is 40.2 Å². The average Bonchev–Trinajstić information content (AvgIpc) is 3.48. The molecule has 0 bridgehead atoms. The third kappa shape index (κ3) is 3.32. The number of hydrogen-bond acceptors (Lipinski definition) is 6. The Hall–Kier alpha value is -3.27. The number of nitriles is 1. The van der Waals surface area contributed by atoms with Crippen LogP contribution in [0.5, 0.6) is 0 Å². The van der Waals surface area contributed by atoms with E-state index < -0.39 is 0 Å². The Bertz CT molecular complexity index is 1030. The van der Waals surface area contributed by atoms with Gasteiger partial charge in [-0.25, -0.2) is 15.0 Å². The van der Waals surface area contributed by atoms with Gasteiger partial charge in [0.25, 0.3) is 0 Å². The van der Waals surface area contributed by atoms with E-state index in [-0.39, 0.29) is 17.9 Å². The van der Waals surface area contributed by atoms with Gasteiger partial charge in [0, 0.05) is 37.7 Å².